The first-order valence-corrected chi connectivity index (χ1v) is 5.52. The van der Waals surface area contributed by atoms with Gasteiger partial charge in [0.2, 0.25) is 12.1 Å². The predicted octanol–water partition coefficient (Wildman–Crippen LogP) is 0.663. The van der Waals surface area contributed by atoms with Gasteiger partial charge in [-0.2, -0.15) is 0 Å². The van der Waals surface area contributed by atoms with Gasteiger partial charge in [0.15, 0.2) is 0 Å². The highest BCUT2D eigenvalue weighted by molar-refractivity contribution is 5.93. The number of benzene rings is 1. The first-order valence-electron chi connectivity index (χ1n) is 5.52. The number of carboxylic acids is 1. The second kappa shape index (κ2) is 6.39. The molecule has 1 aromatic rings. The zero-order valence-corrected chi connectivity index (χ0v) is 10.6. The Balaban J connectivity index is 2.62. The number of anilines is 1. The molecule has 1 aromatic carbocycles. The molecule has 19 heavy (non-hydrogen) atoms. The number of urea groups is 1. The topological polar surface area (TPSA) is 108 Å². The van der Waals surface area contributed by atoms with E-state index < -0.39 is 24.1 Å². The molecule has 102 valence electrons. The Kier molecular flexibility index (Phi) is 4.87. The van der Waals surface area contributed by atoms with Crippen LogP contribution in [0.25, 0.3) is 0 Å². The Morgan fingerprint density at radius 3 is 2.42 bits per heavy atom. The number of nitrogens with one attached hydrogen (secondary N) is 3. The Labute approximate surface area is 110 Å². The van der Waals surface area contributed by atoms with Gasteiger partial charge in [0, 0.05) is 12.6 Å². The maximum Gasteiger partial charge on any atom is 0.347 e. The molecule has 0 aliphatic rings. The van der Waals surface area contributed by atoms with E-state index in [2.05, 4.69) is 16.0 Å². The maximum absolute atomic E-state index is 11.6. The number of amides is 3. The first kappa shape index (κ1) is 14.5. The lowest BCUT2D eigenvalue weighted by Gasteiger charge is -2.15. The van der Waals surface area contributed by atoms with Gasteiger partial charge in [0.1, 0.15) is 0 Å². The minimum absolute atomic E-state index is 0.532. The maximum atomic E-state index is 11.6. The van der Waals surface area contributed by atoms with Crippen molar-refractivity contribution >= 4 is 23.6 Å². The molecule has 0 radical (unpaired) electrons. The number of carboxylic acid groups (broad SMARTS) is 1. The Hall–Kier alpha value is -2.57. The molecule has 1 rings (SSSR count). The Bertz CT molecular complexity index is 502. The fourth-order valence-electron chi connectivity index (χ4n) is 1.38. The highest BCUT2D eigenvalue weighted by Gasteiger charge is 2.20. The van der Waals surface area contributed by atoms with Gasteiger partial charge < -0.3 is 21.1 Å². The van der Waals surface area contributed by atoms with Crippen molar-refractivity contribution in [3.8, 4) is 0 Å². The van der Waals surface area contributed by atoms with Crippen molar-refractivity contribution in [3.63, 3.8) is 0 Å². The van der Waals surface area contributed by atoms with Crippen molar-refractivity contribution in [2.24, 2.45) is 0 Å². The third kappa shape index (κ3) is 5.07. The van der Waals surface area contributed by atoms with E-state index in [9.17, 15) is 14.4 Å². The molecule has 1 atom stereocenters. The third-order valence-electron chi connectivity index (χ3n) is 2.15. The molecule has 0 saturated heterocycles. The monoisotopic (exact) mass is 265 g/mol. The van der Waals surface area contributed by atoms with Crippen molar-refractivity contribution < 1.29 is 19.5 Å². The number of carbonyl (C=O) groups is 3. The van der Waals surface area contributed by atoms with E-state index in [0.29, 0.717) is 5.69 Å². The molecule has 0 aliphatic carbocycles. The van der Waals surface area contributed by atoms with Crippen LogP contribution < -0.4 is 16.0 Å². The zero-order chi connectivity index (χ0) is 14.4. The summed E-state index contributed by atoms with van der Waals surface area (Å²) in [6.07, 6.45) is -1.47. The number of aryl methyl sites for hydroxylation is 1. The smallest absolute Gasteiger partial charge is 0.347 e. The predicted molar refractivity (Wildman–Crippen MR) is 68.6 cm³/mol. The van der Waals surface area contributed by atoms with Crippen LogP contribution in [0, 0.1) is 6.92 Å². The summed E-state index contributed by atoms with van der Waals surface area (Å²) in [4.78, 5) is 33.2. The second-order valence-electron chi connectivity index (χ2n) is 3.94. The van der Waals surface area contributed by atoms with E-state index in [1.54, 1.807) is 18.2 Å². The van der Waals surface area contributed by atoms with E-state index in [0.717, 1.165) is 12.5 Å². The third-order valence-corrected chi connectivity index (χ3v) is 2.15. The minimum atomic E-state index is -1.47. The molecule has 7 heteroatoms. The number of carbonyl (C=O) groups excluding carboxylic acids is 2. The molecule has 0 heterocycles. The molecule has 0 bridgehead atoms. The Morgan fingerprint density at radius 2 is 1.89 bits per heavy atom. The van der Waals surface area contributed by atoms with Crippen LogP contribution in [-0.2, 0) is 9.59 Å². The van der Waals surface area contributed by atoms with Gasteiger partial charge in [0.25, 0.3) is 0 Å². The lowest BCUT2D eigenvalue weighted by molar-refractivity contribution is -0.142. The second-order valence-corrected chi connectivity index (χ2v) is 3.94. The number of hydrogen-bond acceptors (Lipinski definition) is 3. The standard InChI is InChI=1S/C12H15N3O4/c1-7-4-3-5-9(6-7)14-12(19)15-10(11(17)18)13-8(2)16/h3-6,10H,1-2H3,(H,13,16)(H,17,18)(H2,14,15,19). The van der Waals surface area contributed by atoms with Gasteiger partial charge in [-0.15, -0.1) is 0 Å². The summed E-state index contributed by atoms with van der Waals surface area (Å²) in [5, 5.41) is 15.5. The van der Waals surface area contributed by atoms with E-state index in [-0.39, 0.29) is 0 Å². The molecule has 3 amide bonds. The summed E-state index contributed by atoms with van der Waals surface area (Å²) in [6.45, 7) is 3.02. The van der Waals surface area contributed by atoms with Gasteiger partial charge in [-0.3, -0.25) is 4.79 Å². The van der Waals surface area contributed by atoms with E-state index in [1.807, 2.05) is 13.0 Å². The molecule has 0 fully saturated rings. The highest BCUT2D eigenvalue weighted by atomic mass is 16.4. The minimum Gasteiger partial charge on any atom is -0.478 e. The summed E-state index contributed by atoms with van der Waals surface area (Å²) >= 11 is 0. The van der Waals surface area contributed by atoms with Gasteiger partial charge in [-0.1, -0.05) is 12.1 Å². The van der Waals surface area contributed by atoms with Crippen LogP contribution in [0.2, 0.25) is 0 Å². The van der Waals surface area contributed by atoms with Crippen molar-refractivity contribution in [1.82, 2.24) is 10.6 Å². The van der Waals surface area contributed by atoms with Gasteiger partial charge in [0.05, 0.1) is 0 Å². The average molecular weight is 265 g/mol. The lowest BCUT2D eigenvalue weighted by Crippen LogP contribution is -2.53. The van der Waals surface area contributed by atoms with Crippen molar-refractivity contribution in [2.45, 2.75) is 20.0 Å². The molecule has 0 spiro atoms. The van der Waals surface area contributed by atoms with Crippen LogP contribution in [-0.4, -0.2) is 29.2 Å². The molecule has 0 aromatic heterocycles. The van der Waals surface area contributed by atoms with E-state index in [4.69, 9.17) is 5.11 Å². The average Bonchev–Trinajstić information content (AvgIpc) is 2.27. The van der Waals surface area contributed by atoms with Crippen LogP contribution in [0.3, 0.4) is 0 Å². The quantitative estimate of drug-likeness (QED) is 0.600. The van der Waals surface area contributed by atoms with Crippen LogP contribution >= 0.6 is 0 Å². The van der Waals surface area contributed by atoms with Gasteiger partial charge in [-0.25, -0.2) is 9.59 Å². The molecule has 1 unspecified atom stereocenters. The fourth-order valence-corrected chi connectivity index (χ4v) is 1.38. The summed E-state index contributed by atoms with van der Waals surface area (Å²) in [5.74, 6) is -1.90. The summed E-state index contributed by atoms with van der Waals surface area (Å²) in [5.41, 5.74) is 1.49. The molecule has 0 saturated carbocycles. The van der Waals surface area contributed by atoms with Gasteiger partial charge in [-0.05, 0) is 24.6 Å². The number of hydrogen-bond donors (Lipinski definition) is 4. The van der Waals surface area contributed by atoms with Gasteiger partial charge >= 0.3 is 12.0 Å². The van der Waals surface area contributed by atoms with E-state index in [1.165, 1.54) is 0 Å². The number of aliphatic carboxylic acids is 1. The van der Waals surface area contributed by atoms with Crippen LogP contribution in [0.5, 0.6) is 0 Å². The fraction of sp³-hybridized carbons (Fsp3) is 0.250. The molecule has 0 aliphatic heterocycles. The zero-order valence-electron chi connectivity index (χ0n) is 10.6. The molecule has 7 nitrogen and oxygen atoms in total. The molecular formula is C12H15N3O4. The van der Waals surface area contributed by atoms with Crippen LogP contribution in [0.1, 0.15) is 12.5 Å². The largest absolute Gasteiger partial charge is 0.478 e. The number of rotatable bonds is 4. The molecule has 4 N–H and O–H groups in total. The van der Waals surface area contributed by atoms with E-state index >= 15 is 0 Å². The van der Waals surface area contributed by atoms with Crippen LogP contribution in [0.15, 0.2) is 24.3 Å². The summed E-state index contributed by atoms with van der Waals surface area (Å²) in [7, 11) is 0. The summed E-state index contributed by atoms with van der Waals surface area (Å²) < 4.78 is 0. The van der Waals surface area contributed by atoms with Crippen molar-refractivity contribution in [3.05, 3.63) is 29.8 Å². The van der Waals surface area contributed by atoms with Crippen LogP contribution in [0.4, 0.5) is 10.5 Å². The SMILES string of the molecule is CC(=O)NC(NC(=O)Nc1cccc(C)c1)C(=O)O. The normalized spacial score (nSPS) is 11.3. The van der Waals surface area contributed by atoms with Crippen molar-refractivity contribution in [2.75, 3.05) is 5.32 Å². The molecular weight excluding hydrogens is 250 g/mol. The Morgan fingerprint density at radius 1 is 1.21 bits per heavy atom. The highest BCUT2D eigenvalue weighted by Crippen LogP contribution is 2.08. The first-order chi connectivity index (χ1) is 8.88. The van der Waals surface area contributed by atoms with Crippen molar-refractivity contribution in [1.29, 1.82) is 0 Å². The lowest BCUT2D eigenvalue weighted by atomic mass is 10.2. The summed E-state index contributed by atoms with van der Waals surface area (Å²) in [6, 6.07) is 6.30.